The predicted octanol–water partition coefficient (Wildman–Crippen LogP) is 5.42. The van der Waals surface area contributed by atoms with E-state index in [-0.39, 0.29) is 16.9 Å². The highest BCUT2D eigenvalue weighted by Gasteiger charge is 2.33. The monoisotopic (exact) mass is 578 g/mol. The van der Waals surface area contributed by atoms with Crippen molar-refractivity contribution in [1.29, 1.82) is 0 Å². The summed E-state index contributed by atoms with van der Waals surface area (Å²) in [7, 11) is 1.65. The quantitative estimate of drug-likeness (QED) is 0.301. The van der Waals surface area contributed by atoms with Crippen molar-refractivity contribution < 1.29 is 23.4 Å². The highest BCUT2D eigenvalue weighted by Crippen LogP contribution is 2.43. The first-order chi connectivity index (χ1) is 20.4. The summed E-state index contributed by atoms with van der Waals surface area (Å²) >= 11 is 1.24. The van der Waals surface area contributed by atoms with E-state index in [1.165, 1.54) is 35.6 Å². The lowest BCUT2D eigenvalue weighted by Crippen LogP contribution is -2.38. The van der Waals surface area contributed by atoms with Crippen molar-refractivity contribution in [3.8, 4) is 17.1 Å². The van der Waals surface area contributed by atoms with Gasteiger partial charge in [0, 0.05) is 22.8 Å². The van der Waals surface area contributed by atoms with Crippen LogP contribution in [0, 0.1) is 5.82 Å². The average molecular weight is 579 g/mol. The number of allylic oxidation sites excluding steroid dienone is 1. The number of methoxy groups -OCH3 is 1. The van der Waals surface area contributed by atoms with Crippen molar-refractivity contribution in [3.05, 3.63) is 138 Å². The molecule has 9 heteroatoms. The molecule has 0 saturated carbocycles. The lowest BCUT2D eigenvalue weighted by molar-refractivity contribution is 0.0697. The molecule has 1 unspecified atom stereocenters. The summed E-state index contributed by atoms with van der Waals surface area (Å²) in [5.74, 6) is 0.318. The van der Waals surface area contributed by atoms with Crippen LogP contribution in [0.25, 0.3) is 23.1 Å². The first-order valence-corrected chi connectivity index (χ1v) is 14.1. The van der Waals surface area contributed by atoms with Gasteiger partial charge >= 0.3 is 5.97 Å². The van der Waals surface area contributed by atoms with E-state index in [2.05, 4.69) is 0 Å². The number of carboxylic acid groups (broad SMARTS) is 1. The van der Waals surface area contributed by atoms with Gasteiger partial charge in [-0.3, -0.25) is 9.36 Å². The number of aromatic nitrogens is 1. The van der Waals surface area contributed by atoms with Crippen molar-refractivity contribution in [2.75, 3.05) is 7.11 Å². The molecule has 1 N–H and O–H groups in total. The van der Waals surface area contributed by atoms with Gasteiger partial charge in [0.05, 0.1) is 28.9 Å². The summed E-state index contributed by atoms with van der Waals surface area (Å²) < 4.78 is 28.2. The average Bonchev–Trinajstić information content (AvgIpc) is 3.60. The minimum absolute atomic E-state index is 0.152. The second kappa shape index (κ2) is 10.1. The van der Waals surface area contributed by atoms with Crippen LogP contribution in [0.15, 0.2) is 98.6 Å². The number of benzene rings is 3. The van der Waals surface area contributed by atoms with E-state index in [1.54, 1.807) is 48.1 Å². The fraction of sp³-hybridized carbons (Fsp3) is 0.121. The van der Waals surface area contributed by atoms with Gasteiger partial charge in [-0.1, -0.05) is 47.7 Å². The smallest absolute Gasteiger partial charge is 0.335 e. The van der Waals surface area contributed by atoms with Crippen LogP contribution in [0.2, 0.25) is 0 Å². The zero-order valence-corrected chi connectivity index (χ0v) is 23.2. The third kappa shape index (κ3) is 4.29. The Kier molecular flexibility index (Phi) is 6.24. The number of halogens is 1. The van der Waals surface area contributed by atoms with Crippen LogP contribution in [-0.4, -0.2) is 22.8 Å². The van der Waals surface area contributed by atoms with Gasteiger partial charge in [0.15, 0.2) is 4.80 Å². The molecule has 42 heavy (non-hydrogen) atoms. The number of nitrogens with zero attached hydrogens (tertiary/aromatic N) is 2. The summed E-state index contributed by atoms with van der Waals surface area (Å²) in [6.45, 7) is 0. The van der Waals surface area contributed by atoms with Gasteiger partial charge in [0.2, 0.25) is 0 Å². The minimum atomic E-state index is -1.03. The number of aromatic carboxylic acids is 1. The number of carboxylic acids is 1. The molecule has 0 fully saturated rings. The van der Waals surface area contributed by atoms with Crippen molar-refractivity contribution in [2.45, 2.75) is 18.9 Å². The van der Waals surface area contributed by atoms with Gasteiger partial charge in [-0.05, 0) is 66.4 Å². The molecule has 1 aliphatic heterocycles. The maximum atomic E-state index is 14.5. The van der Waals surface area contributed by atoms with Gasteiger partial charge in [-0.2, -0.15) is 0 Å². The lowest BCUT2D eigenvalue weighted by Gasteiger charge is -2.31. The Balaban J connectivity index is 1.39. The molecule has 0 bridgehead atoms. The molecule has 0 saturated heterocycles. The van der Waals surface area contributed by atoms with Crippen LogP contribution in [0.3, 0.4) is 0 Å². The Labute approximate surface area is 242 Å². The molecule has 2 aliphatic rings. The Hall–Kier alpha value is -5.02. The predicted molar refractivity (Wildman–Crippen MR) is 157 cm³/mol. The Bertz CT molecular complexity index is 2120. The number of ether oxygens (including phenoxy) is 1. The number of carbonyl (C=O) groups is 1. The van der Waals surface area contributed by atoms with Crippen molar-refractivity contribution in [3.63, 3.8) is 0 Å². The van der Waals surface area contributed by atoms with E-state index in [0.717, 1.165) is 28.1 Å². The molecule has 1 aliphatic carbocycles. The van der Waals surface area contributed by atoms with Crippen LogP contribution in [0.5, 0.6) is 5.75 Å². The molecule has 3 aromatic carbocycles. The van der Waals surface area contributed by atoms with E-state index in [4.69, 9.17) is 14.1 Å². The fourth-order valence-corrected chi connectivity index (χ4v) is 6.76. The molecule has 0 amide bonds. The number of hydrogen-bond acceptors (Lipinski definition) is 6. The van der Waals surface area contributed by atoms with E-state index < -0.39 is 12.0 Å². The number of hydrogen-bond donors (Lipinski definition) is 1. The Morgan fingerprint density at radius 2 is 1.93 bits per heavy atom. The van der Waals surface area contributed by atoms with Crippen LogP contribution < -0.4 is 19.6 Å². The van der Waals surface area contributed by atoms with Gasteiger partial charge in [-0.15, -0.1) is 0 Å². The zero-order valence-electron chi connectivity index (χ0n) is 22.3. The summed E-state index contributed by atoms with van der Waals surface area (Å²) in [5, 5.41) is 9.33. The van der Waals surface area contributed by atoms with E-state index in [1.807, 2.05) is 24.3 Å². The number of fused-ring (bicyclic) bond motifs is 3. The Morgan fingerprint density at radius 1 is 1.10 bits per heavy atom. The SMILES string of the molecule is COc1cccc2c1CCC1=C2N=c2s/c(=C\c3ccc(-c4cccc(C(=O)O)c4)o3)c(=O)n2C1c1cccc(F)c1. The molecule has 0 spiro atoms. The highest BCUT2D eigenvalue weighted by atomic mass is 32.1. The van der Waals surface area contributed by atoms with E-state index in [0.29, 0.717) is 44.8 Å². The maximum absolute atomic E-state index is 14.5. The van der Waals surface area contributed by atoms with Crippen molar-refractivity contribution >= 4 is 29.1 Å². The number of thiazole rings is 1. The summed E-state index contributed by atoms with van der Waals surface area (Å²) in [5.41, 5.74) is 4.96. The molecule has 1 atom stereocenters. The molecule has 208 valence electrons. The summed E-state index contributed by atoms with van der Waals surface area (Å²) in [6.07, 6.45) is 3.02. The van der Waals surface area contributed by atoms with Gasteiger partial charge in [-0.25, -0.2) is 14.2 Å². The van der Waals surface area contributed by atoms with Gasteiger partial charge in [0.1, 0.15) is 23.1 Å². The third-order valence-corrected chi connectivity index (χ3v) is 8.63. The van der Waals surface area contributed by atoms with Crippen LogP contribution >= 0.6 is 11.3 Å². The van der Waals surface area contributed by atoms with E-state index in [9.17, 15) is 19.1 Å². The van der Waals surface area contributed by atoms with Crippen LogP contribution in [0.1, 0.15) is 45.3 Å². The maximum Gasteiger partial charge on any atom is 0.335 e. The summed E-state index contributed by atoms with van der Waals surface area (Å²) in [4.78, 5) is 30.8. The normalized spacial score (nSPS) is 16.0. The van der Waals surface area contributed by atoms with Crippen molar-refractivity contribution in [2.24, 2.45) is 4.99 Å². The second-order valence-electron chi connectivity index (χ2n) is 10.1. The van der Waals surface area contributed by atoms with Gasteiger partial charge in [0.25, 0.3) is 5.56 Å². The van der Waals surface area contributed by atoms with Crippen LogP contribution in [0.4, 0.5) is 4.39 Å². The number of furan rings is 1. The third-order valence-electron chi connectivity index (χ3n) is 7.65. The molecular weight excluding hydrogens is 555 g/mol. The largest absolute Gasteiger partial charge is 0.496 e. The minimum Gasteiger partial charge on any atom is -0.496 e. The molecular formula is C33H23FN2O5S. The second-order valence-corrected chi connectivity index (χ2v) is 11.1. The standard InChI is InChI=1S/C33H23FN2O5S/c1-40-27-10-4-9-24-23(27)12-13-25-29(24)35-33-36(30(25)19-6-3-8-21(34)16-19)31(37)28(42-33)17-22-11-14-26(41-22)18-5-2-7-20(15-18)32(38)39/h2-11,14-17,30H,12-13H2,1H3,(H,38,39)/b28-17-. The molecule has 2 aromatic heterocycles. The zero-order chi connectivity index (χ0) is 29.0. The molecule has 5 aromatic rings. The fourth-order valence-electron chi connectivity index (χ4n) is 5.78. The first kappa shape index (κ1) is 25.9. The van der Waals surface area contributed by atoms with Crippen molar-refractivity contribution in [1.82, 2.24) is 4.57 Å². The van der Waals surface area contributed by atoms with Crippen LogP contribution in [-0.2, 0) is 6.42 Å². The number of rotatable bonds is 5. The summed E-state index contributed by atoms with van der Waals surface area (Å²) in [6, 6.07) is 21.7. The highest BCUT2D eigenvalue weighted by molar-refractivity contribution is 7.07. The molecule has 3 heterocycles. The molecule has 7 nitrogen and oxygen atoms in total. The first-order valence-electron chi connectivity index (χ1n) is 13.3. The van der Waals surface area contributed by atoms with E-state index >= 15 is 0 Å². The molecule has 7 rings (SSSR count). The lowest BCUT2D eigenvalue weighted by atomic mass is 9.83. The molecule has 0 radical (unpaired) electrons. The van der Waals surface area contributed by atoms with Gasteiger partial charge < -0.3 is 14.3 Å². The Morgan fingerprint density at radius 3 is 2.74 bits per heavy atom. The topological polar surface area (TPSA) is 94.0 Å².